The third-order valence-electron chi connectivity index (χ3n) is 5.91. The molecule has 1 atom stereocenters. The first-order valence-corrected chi connectivity index (χ1v) is 12.4. The van der Waals surface area contributed by atoms with Gasteiger partial charge in [-0.1, -0.05) is 85.6 Å². The molecule has 5 nitrogen and oxygen atoms in total. The Bertz CT molecular complexity index is 1090. The maximum Gasteiger partial charge on any atom is 0.243 e. The molecule has 0 radical (unpaired) electrons. The molecular weight excluding hydrogens is 460 g/mol. The predicted octanol–water partition coefficient (Wildman–Crippen LogP) is 5.45. The summed E-state index contributed by atoms with van der Waals surface area (Å²) in [4.78, 5) is 28.8. The number of carbonyl (C=O) groups excluding carboxylic acids is 2. The van der Waals surface area contributed by atoms with Crippen molar-refractivity contribution in [2.45, 2.75) is 45.2 Å². The van der Waals surface area contributed by atoms with Gasteiger partial charge in [-0.25, -0.2) is 0 Å². The summed E-state index contributed by atoms with van der Waals surface area (Å²) >= 11 is 6.46. The lowest BCUT2D eigenvalue weighted by Gasteiger charge is -2.32. The lowest BCUT2D eigenvalue weighted by atomic mass is 10.0. The highest BCUT2D eigenvalue weighted by atomic mass is 35.5. The second kappa shape index (κ2) is 13.5. The van der Waals surface area contributed by atoms with Crippen molar-refractivity contribution in [2.75, 3.05) is 13.7 Å². The SMILES string of the molecule is CCCCNC(=O)[C@@H](Cc1ccccc1)N(Cc1ccccc1Cl)C(=O)Cc1ccc(OC)cc1. The molecule has 35 heavy (non-hydrogen) atoms. The molecule has 3 aromatic carbocycles. The van der Waals surface area contributed by atoms with Gasteiger partial charge in [0.25, 0.3) is 0 Å². The Labute approximate surface area is 213 Å². The van der Waals surface area contributed by atoms with Crippen LogP contribution in [0.1, 0.15) is 36.5 Å². The summed E-state index contributed by atoms with van der Waals surface area (Å²) in [7, 11) is 1.61. The minimum Gasteiger partial charge on any atom is -0.497 e. The molecule has 0 aliphatic rings. The summed E-state index contributed by atoms with van der Waals surface area (Å²) in [6.45, 7) is 2.90. The molecule has 6 heteroatoms. The molecule has 0 fully saturated rings. The van der Waals surface area contributed by atoms with E-state index in [0.29, 0.717) is 18.0 Å². The molecule has 0 aromatic heterocycles. The highest BCUT2D eigenvalue weighted by Crippen LogP contribution is 2.22. The zero-order chi connectivity index (χ0) is 25.0. The van der Waals surface area contributed by atoms with Gasteiger partial charge in [-0.05, 0) is 41.3 Å². The van der Waals surface area contributed by atoms with Crippen molar-refractivity contribution in [3.05, 3.63) is 101 Å². The molecule has 0 spiro atoms. The van der Waals surface area contributed by atoms with E-state index in [4.69, 9.17) is 16.3 Å². The number of hydrogen-bond acceptors (Lipinski definition) is 3. The van der Waals surface area contributed by atoms with Crippen LogP contribution < -0.4 is 10.1 Å². The number of halogens is 1. The van der Waals surface area contributed by atoms with Crippen LogP contribution in [0, 0.1) is 0 Å². The Morgan fingerprint density at radius 2 is 1.63 bits per heavy atom. The van der Waals surface area contributed by atoms with E-state index >= 15 is 0 Å². The maximum absolute atomic E-state index is 13.7. The average molecular weight is 493 g/mol. The summed E-state index contributed by atoms with van der Waals surface area (Å²) in [6.07, 6.45) is 2.44. The Hall–Kier alpha value is -3.31. The van der Waals surface area contributed by atoms with Crippen LogP contribution in [0.2, 0.25) is 5.02 Å². The van der Waals surface area contributed by atoms with Crippen LogP contribution in [0.5, 0.6) is 5.75 Å². The average Bonchev–Trinajstić information content (AvgIpc) is 2.88. The van der Waals surface area contributed by atoms with E-state index in [1.807, 2.05) is 72.8 Å². The first-order valence-electron chi connectivity index (χ1n) is 12.0. The predicted molar refractivity (Wildman–Crippen MR) is 141 cm³/mol. The summed E-state index contributed by atoms with van der Waals surface area (Å²) in [5.41, 5.74) is 2.64. The number of carbonyl (C=O) groups is 2. The van der Waals surface area contributed by atoms with Crippen LogP contribution in [-0.4, -0.2) is 36.4 Å². The minimum atomic E-state index is -0.670. The van der Waals surface area contributed by atoms with Gasteiger partial charge in [0.05, 0.1) is 13.5 Å². The van der Waals surface area contributed by atoms with E-state index in [9.17, 15) is 9.59 Å². The molecule has 0 saturated heterocycles. The fourth-order valence-electron chi connectivity index (χ4n) is 3.89. The number of nitrogens with one attached hydrogen (secondary N) is 1. The van der Waals surface area contributed by atoms with Crippen molar-refractivity contribution in [3.8, 4) is 5.75 Å². The third kappa shape index (κ3) is 7.86. The molecule has 2 amide bonds. The van der Waals surface area contributed by atoms with Crippen molar-refractivity contribution in [1.82, 2.24) is 10.2 Å². The molecule has 0 heterocycles. The topological polar surface area (TPSA) is 58.6 Å². The van der Waals surface area contributed by atoms with Crippen LogP contribution in [0.4, 0.5) is 0 Å². The van der Waals surface area contributed by atoms with Gasteiger partial charge in [-0.3, -0.25) is 9.59 Å². The quantitative estimate of drug-likeness (QED) is 0.342. The maximum atomic E-state index is 13.7. The van der Waals surface area contributed by atoms with E-state index in [1.54, 1.807) is 18.1 Å². The number of rotatable bonds is 12. The van der Waals surface area contributed by atoms with Gasteiger partial charge in [-0.2, -0.15) is 0 Å². The van der Waals surface area contributed by atoms with E-state index in [2.05, 4.69) is 12.2 Å². The molecule has 0 saturated carbocycles. The Balaban J connectivity index is 1.93. The first-order chi connectivity index (χ1) is 17.0. The molecule has 0 aliphatic carbocycles. The van der Waals surface area contributed by atoms with Gasteiger partial charge < -0.3 is 15.0 Å². The second-order valence-corrected chi connectivity index (χ2v) is 8.90. The van der Waals surface area contributed by atoms with Crippen molar-refractivity contribution in [2.24, 2.45) is 0 Å². The number of ether oxygens (including phenoxy) is 1. The molecular formula is C29H33ClN2O3. The number of unbranched alkanes of at least 4 members (excludes halogenated alkanes) is 1. The van der Waals surface area contributed by atoms with Crippen LogP contribution in [0.25, 0.3) is 0 Å². The molecule has 184 valence electrons. The van der Waals surface area contributed by atoms with Gasteiger partial charge >= 0.3 is 0 Å². The third-order valence-corrected chi connectivity index (χ3v) is 6.28. The summed E-state index contributed by atoms with van der Waals surface area (Å²) in [5, 5.41) is 3.61. The van der Waals surface area contributed by atoms with Gasteiger partial charge in [0.1, 0.15) is 11.8 Å². The highest BCUT2D eigenvalue weighted by Gasteiger charge is 2.30. The number of benzene rings is 3. The van der Waals surface area contributed by atoms with Crippen LogP contribution in [0.3, 0.4) is 0 Å². The molecule has 0 unspecified atom stereocenters. The van der Waals surface area contributed by atoms with E-state index in [0.717, 1.165) is 35.3 Å². The fraction of sp³-hybridized carbons (Fsp3) is 0.310. The van der Waals surface area contributed by atoms with Gasteiger partial charge in [0.2, 0.25) is 11.8 Å². The van der Waals surface area contributed by atoms with E-state index < -0.39 is 6.04 Å². The van der Waals surface area contributed by atoms with Crippen molar-refractivity contribution in [3.63, 3.8) is 0 Å². The number of methoxy groups -OCH3 is 1. The van der Waals surface area contributed by atoms with E-state index in [-0.39, 0.29) is 24.8 Å². The molecule has 0 aliphatic heterocycles. The Morgan fingerprint density at radius 3 is 2.29 bits per heavy atom. The monoisotopic (exact) mass is 492 g/mol. The van der Waals surface area contributed by atoms with Crippen molar-refractivity contribution >= 4 is 23.4 Å². The molecule has 3 rings (SSSR count). The molecule has 0 bridgehead atoms. The Morgan fingerprint density at radius 1 is 0.943 bits per heavy atom. The molecule has 1 N–H and O–H groups in total. The van der Waals surface area contributed by atoms with Gasteiger partial charge in [0.15, 0.2) is 0 Å². The van der Waals surface area contributed by atoms with Gasteiger partial charge in [0, 0.05) is 24.5 Å². The van der Waals surface area contributed by atoms with E-state index in [1.165, 1.54) is 0 Å². The van der Waals surface area contributed by atoms with Crippen LogP contribution >= 0.6 is 11.6 Å². The van der Waals surface area contributed by atoms with Crippen molar-refractivity contribution < 1.29 is 14.3 Å². The lowest BCUT2D eigenvalue weighted by Crippen LogP contribution is -2.51. The zero-order valence-corrected chi connectivity index (χ0v) is 21.1. The standard InChI is InChI=1S/C29H33ClN2O3/c1-3-4-18-31-29(34)27(19-22-10-6-5-7-11-22)32(21-24-12-8-9-13-26(24)30)28(33)20-23-14-16-25(35-2)17-15-23/h5-17,27H,3-4,18-21H2,1-2H3,(H,31,34)/t27-/m1/s1. The van der Waals surface area contributed by atoms with Crippen LogP contribution in [-0.2, 0) is 29.0 Å². The normalized spacial score (nSPS) is 11.5. The van der Waals surface area contributed by atoms with Crippen LogP contribution in [0.15, 0.2) is 78.9 Å². The Kier molecular flexibility index (Phi) is 10.2. The summed E-state index contributed by atoms with van der Waals surface area (Å²) in [5.74, 6) is 0.436. The largest absolute Gasteiger partial charge is 0.497 e. The first kappa shape index (κ1) is 26.3. The smallest absolute Gasteiger partial charge is 0.243 e. The number of hydrogen-bond donors (Lipinski definition) is 1. The lowest BCUT2D eigenvalue weighted by molar-refractivity contribution is -0.140. The number of amides is 2. The summed E-state index contributed by atoms with van der Waals surface area (Å²) in [6, 6.07) is 24.0. The fourth-order valence-corrected chi connectivity index (χ4v) is 4.09. The van der Waals surface area contributed by atoms with Gasteiger partial charge in [-0.15, -0.1) is 0 Å². The number of nitrogens with zero attached hydrogens (tertiary/aromatic N) is 1. The zero-order valence-electron chi connectivity index (χ0n) is 20.4. The minimum absolute atomic E-state index is 0.137. The molecule has 3 aromatic rings. The van der Waals surface area contributed by atoms with Crippen molar-refractivity contribution in [1.29, 1.82) is 0 Å². The summed E-state index contributed by atoms with van der Waals surface area (Å²) < 4.78 is 5.23. The highest BCUT2D eigenvalue weighted by molar-refractivity contribution is 6.31. The second-order valence-electron chi connectivity index (χ2n) is 8.49.